The molecule has 11 heteroatoms. The van der Waals surface area contributed by atoms with E-state index in [0.717, 1.165) is 0 Å². The summed E-state index contributed by atoms with van der Waals surface area (Å²) in [4.78, 5) is 36.2. The molecule has 0 unspecified atom stereocenters. The topological polar surface area (TPSA) is 120 Å². The third-order valence-electron chi connectivity index (χ3n) is 4.63. The molecule has 0 saturated carbocycles. The summed E-state index contributed by atoms with van der Waals surface area (Å²) in [5.74, 6) is -0.576. The smallest absolute Gasteiger partial charge is 0.276 e. The van der Waals surface area contributed by atoms with Crippen LogP contribution in [0.4, 0.5) is 0 Å². The largest absolute Gasteiger partial charge is 0.382 e. The summed E-state index contributed by atoms with van der Waals surface area (Å²) in [5, 5.41) is 16.1. The van der Waals surface area contributed by atoms with Gasteiger partial charge in [-0.05, 0) is 42.5 Å². The molecular weight excluding hydrogens is 489 g/mol. The van der Waals surface area contributed by atoms with Gasteiger partial charge < -0.3 is 10.1 Å². The van der Waals surface area contributed by atoms with Gasteiger partial charge in [-0.2, -0.15) is 5.10 Å². The van der Waals surface area contributed by atoms with Crippen LogP contribution in [-0.4, -0.2) is 31.7 Å². The molecule has 0 aliphatic heterocycles. The Hall–Kier alpha value is -3.30. The summed E-state index contributed by atoms with van der Waals surface area (Å²) >= 11 is 18.2. The first-order chi connectivity index (χ1) is 15.8. The number of aromatic amines is 1. The molecule has 0 radical (unpaired) electrons. The van der Waals surface area contributed by atoms with Crippen molar-refractivity contribution in [2.24, 2.45) is 5.10 Å². The molecular formula is C22H14Cl3N5O3. The molecule has 1 atom stereocenters. The second-order valence-corrected chi connectivity index (χ2v) is 8.10. The van der Waals surface area contributed by atoms with Crippen molar-refractivity contribution in [1.29, 1.82) is 0 Å². The number of hydrogen-bond donors (Lipinski definition) is 3. The lowest BCUT2D eigenvalue weighted by Crippen LogP contribution is -2.29. The fraction of sp³-hybridized carbons (Fsp3) is 0.0455. The van der Waals surface area contributed by atoms with Crippen LogP contribution >= 0.6 is 34.8 Å². The van der Waals surface area contributed by atoms with Crippen LogP contribution in [0.15, 0.2) is 70.8 Å². The summed E-state index contributed by atoms with van der Waals surface area (Å²) < 4.78 is 0. The molecule has 166 valence electrons. The van der Waals surface area contributed by atoms with E-state index in [2.05, 4.69) is 25.5 Å². The van der Waals surface area contributed by atoms with Gasteiger partial charge in [-0.25, -0.2) is 10.4 Å². The molecule has 0 spiro atoms. The number of hydrazone groups is 1. The number of H-pyrrole nitrogens is 1. The molecule has 1 amide bonds. The van der Waals surface area contributed by atoms with Gasteiger partial charge in [-0.1, -0.05) is 40.9 Å². The molecule has 2 aromatic carbocycles. The van der Waals surface area contributed by atoms with Crippen LogP contribution in [0, 0.1) is 0 Å². The Morgan fingerprint density at radius 2 is 1.73 bits per heavy atom. The number of carbonyl (C=O) groups is 1. The Kier molecular flexibility index (Phi) is 6.71. The lowest BCUT2D eigenvalue weighted by molar-refractivity contribution is 0.0954. The number of amides is 1. The van der Waals surface area contributed by atoms with Crippen LogP contribution in [0.1, 0.15) is 27.7 Å². The molecule has 0 aliphatic rings. The first-order valence-electron chi connectivity index (χ1n) is 9.44. The Morgan fingerprint density at radius 3 is 2.45 bits per heavy atom. The first kappa shape index (κ1) is 22.9. The van der Waals surface area contributed by atoms with Crippen molar-refractivity contribution in [3.8, 4) is 0 Å². The Balaban J connectivity index is 1.82. The normalized spacial score (nSPS) is 12.5. The quantitative estimate of drug-likeness (QED) is 0.280. The van der Waals surface area contributed by atoms with Crippen LogP contribution in [0.25, 0.3) is 11.0 Å². The van der Waals surface area contributed by atoms with Crippen molar-refractivity contribution in [2.75, 3.05) is 0 Å². The van der Waals surface area contributed by atoms with E-state index in [0.29, 0.717) is 21.1 Å². The van der Waals surface area contributed by atoms with Gasteiger partial charge in [-0.3, -0.25) is 14.6 Å². The van der Waals surface area contributed by atoms with E-state index < -0.39 is 17.6 Å². The minimum atomic E-state index is -1.51. The predicted octanol–water partition coefficient (Wildman–Crippen LogP) is 4.15. The highest BCUT2D eigenvalue weighted by atomic mass is 35.5. The molecule has 4 aromatic rings. The molecule has 0 aliphatic carbocycles. The summed E-state index contributed by atoms with van der Waals surface area (Å²) in [5.41, 5.74) is 2.56. The molecule has 4 rings (SSSR count). The number of carbonyl (C=O) groups excluding carboxylic acids is 1. The summed E-state index contributed by atoms with van der Waals surface area (Å²) in [7, 11) is 0. The highest BCUT2D eigenvalue weighted by Gasteiger charge is 2.25. The van der Waals surface area contributed by atoms with Crippen molar-refractivity contribution in [3.05, 3.63) is 103 Å². The van der Waals surface area contributed by atoms with Gasteiger partial charge in [-0.15, -0.1) is 0 Å². The number of aliphatic hydroxyl groups excluding tert-OH is 1. The van der Waals surface area contributed by atoms with Gasteiger partial charge in [0, 0.05) is 38.6 Å². The van der Waals surface area contributed by atoms with Crippen LogP contribution in [0.5, 0.6) is 0 Å². The monoisotopic (exact) mass is 501 g/mol. The minimum Gasteiger partial charge on any atom is -0.382 e. The molecule has 0 fully saturated rings. The van der Waals surface area contributed by atoms with E-state index in [1.165, 1.54) is 42.7 Å². The summed E-state index contributed by atoms with van der Waals surface area (Å²) in [6, 6.07) is 12.2. The summed E-state index contributed by atoms with van der Waals surface area (Å²) in [6.45, 7) is 0. The third kappa shape index (κ3) is 5.04. The Morgan fingerprint density at radius 1 is 1.03 bits per heavy atom. The van der Waals surface area contributed by atoms with Gasteiger partial charge in [0.25, 0.3) is 11.5 Å². The minimum absolute atomic E-state index is 0.146. The van der Waals surface area contributed by atoms with Crippen LogP contribution in [0.2, 0.25) is 15.1 Å². The van der Waals surface area contributed by atoms with Gasteiger partial charge in [0.1, 0.15) is 11.8 Å². The number of nitrogens with zero attached hydrogens (tertiary/aromatic N) is 3. The SMILES string of the molecule is O=C(N/N=C(\c1nc2ccc(Cl)cc2[nH]c1=O)[C@@H](O)c1ccc(Cl)cc1Cl)c1ccncc1. The Bertz CT molecular complexity index is 1440. The van der Waals surface area contributed by atoms with E-state index in [-0.39, 0.29) is 27.6 Å². The highest BCUT2D eigenvalue weighted by Crippen LogP contribution is 2.28. The average molecular weight is 503 g/mol. The van der Waals surface area contributed by atoms with Gasteiger partial charge in [0.2, 0.25) is 0 Å². The third-order valence-corrected chi connectivity index (χ3v) is 5.43. The number of aromatic nitrogens is 3. The number of aliphatic hydroxyl groups is 1. The molecule has 0 bridgehead atoms. The van der Waals surface area contributed by atoms with Crippen molar-refractivity contribution in [1.82, 2.24) is 20.4 Å². The maximum absolute atomic E-state index is 12.8. The number of pyridine rings is 1. The number of hydrogen-bond acceptors (Lipinski definition) is 6. The number of rotatable bonds is 5. The van der Waals surface area contributed by atoms with Crippen molar-refractivity contribution in [3.63, 3.8) is 0 Å². The predicted molar refractivity (Wildman–Crippen MR) is 127 cm³/mol. The van der Waals surface area contributed by atoms with E-state index in [4.69, 9.17) is 34.8 Å². The zero-order chi connectivity index (χ0) is 23.5. The standard InChI is InChI=1S/C22H14Cl3N5O3/c23-12-1-3-14(15(25)9-12)20(31)18(29-30-21(32)11-5-7-26-8-6-11)19-22(33)28-17-10-13(24)2-4-16(17)27-19/h1-10,20,31H,(H,28,33)(H,30,32)/b29-18+/t20-/m0/s1. The molecule has 3 N–H and O–H groups in total. The maximum atomic E-state index is 12.8. The van der Waals surface area contributed by atoms with Gasteiger partial charge >= 0.3 is 0 Å². The van der Waals surface area contributed by atoms with Crippen molar-refractivity contribution >= 4 is 57.5 Å². The molecule has 2 heterocycles. The second kappa shape index (κ2) is 9.68. The second-order valence-electron chi connectivity index (χ2n) is 6.82. The van der Waals surface area contributed by atoms with Gasteiger partial charge in [0.05, 0.1) is 11.0 Å². The lowest BCUT2D eigenvalue weighted by atomic mass is 10.0. The number of benzene rings is 2. The summed E-state index contributed by atoms with van der Waals surface area (Å²) in [6.07, 6.45) is 1.39. The van der Waals surface area contributed by atoms with Gasteiger partial charge in [0.15, 0.2) is 5.69 Å². The van der Waals surface area contributed by atoms with Crippen molar-refractivity contribution in [2.45, 2.75) is 6.10 Å². The molecule has 33 heavy (non-hydrogen) atoms. The number of fused-ring (bicyclic) bond motifs is 1. The maximum Gasteiger partial charge on any atom is 0.276 e. The van der Waals surface area contributed by atoms with Crippen LogP contribution in [-0.2, 0) is 0 Å². The Labute approximate surface area is 201 Å². The number of nitrogens with one attached hydrogen (secondary N) is 2. The average Bonchev–Trinajstić information content (AvgIpc) is 2.79. The molecule has 2 aromatic heterocycles. The number of halogens is 3. The first-order valence-corrected chi connectivity index (χ1v) is 10.6. The fourth-order valence-corrected chi connectivity index (χ4v) is 3.71. The zero-order valence-corrected chi connectivity index (χ0v) is 18.9. The van der Waals surface area contributed by atoms with Crippen molar-refractivity contribution < 1.29 is 9.90 Å². The van der Waals surface area contributed by atoms with E-state index >= 15 is 0 Å². The fourth-order valence-electron chi connectivity index (χ4n) is 3.03. The zero-order valence-electron chi connectivity index (χ0n) is 16.6. The highest BCUT2D eigenvalue weighted by molar-refractivity contribution is 6.35. The van der Waals surface area contributed by atoms with Crippen LogP contribution in [0.3, 0.4) is 0 Å². The lowest BCUT2D eigenvalue weighted by Gasteiger charge is -2.16. The van der Waals surface area contributed by atoms with E-state index in [1.54, 1.807) is 18.2 Å². The van der Waals surface area contributed by atoms with Crippen LogP contribution < -0.4 is 11.0 Å². The van der Waals surface area contributed by atoms with E-state index in [9.17, 15) is 14.7 Å². The molecule has 8 nitrogen and oxygen atoms in total. The van der Waals surface area contributed by atoms with E-state index in [1.807, 2.05) is 0 Å². The molecule has 0 saturated heterocycles.